The number of rotatable bonds is 2. The molecule has 1 aromatic carbocycles. The van der Waals surface area contributed by atoms with Gasteiger partial charge in [0.2, 0.25) is 0 Å². The number of anilines is 2. The van der Waals surface area contributed by atoms with Gasteiger partial charge in [0.15, 0.2) is 0 Å². The molecule has 1 aromatic heterocycles. The van der Waals surface area contributed by atoms with Gasteiger partial charge in [-0.1, -0.05) is 11.6 Å². The lowest BCUT2D eigenvalue weighted by atomic mass is 10.1. The van der Waals surface area contributed by atoms with Gasteiger partial charge < -0.3 is 11.1 Å². The van der Waals surface area contributed by atoms with E-state index in [9.17, 15) is 9.18 Å². The van der Waals surface area contributed by atoms with E-state index in [1.807, 2.05) is 0 Å². The largest absolute Gasteiger partial charge is 0.397 e. The van der Waals surface area contributed by atoms with Gasteiger partial charge in [0.25, 0.3) is 5.91 Å². The molecule has 98 valence electrons. The molecule has 3 N–H and O–H groups in total. The summed E-state index contributed by atoms with van der Waals surface area (Å²) in [4.78, 5) is 16.0. The molecular weight excluding hydrogens is 269 g/mol. The lowest BCUT2D eigenvalue weighted by Crippen LogP contribution is -2.14. The van der Waals surface area contributed by atoms with Crippen molar-refractivity contribution in [1.82, 2.24) is 4.98 Å². The number of nitrogens with one attached hydrogen (secondary N) is 1. The van der Waals surface area contributed by atoms with Crippen molar-refractivity contribution in [3.8, 4) is 0 Å². The van der Waals surface area contributed by atoms with Gasteiger partial charge in [-0.05, 0) is 31.2 Å². The Morgan fingerprint density at radius 2 is 2.11 bits per heavy atom. The maximum absolute atomic E-state index is 13.2. The van der Waals surface area contributed by atoms with Crippen molar-refractivity contribution in [3.05, 3.63) is 52.6 Å². The van der Waals surface area contributed by atoms with E-state index in [-0.39, 0.29) is 10.7 Å². The van der Waals surface area contributed by atoms with Crippen LogP contribution in [0.3, 0.4) is 0 Å². The van der Waals surface area contributed by atoms with Gasteiger partial charge in [0, 0.05) is 10.7 Å². The summed E-state index contributed by atoms with van der Waals surface area (Å²) in [6.07, 6.45) is 1.46. The predicted octanol–water partition coefficient (Wildman–Crippen LogP) is 3.02. The van der Waals surface area contributed by atoms with Crippen LogP contribution in [-0.2, 0) is 0 Å². The zero-order chi connectivity index (χ0) is 14.0. The number of halogens is 2. The molecule has 0 bridgehead atoms. The first-order chi connectivity index (χ1) is 8.95. The Hall–Kier alpha value is -2.14. The van der Waals surface area contributed by atoms with Crippen molar-refractivity contribution < 1.29 is 9.18 Å². The standard InChI is InChI=1S/C13H11ClFN3O/c1-7-12(5-10(16)6-17-7)13(19)18-11-3-8(14)2-9(15)4-11/h2-6H,16H2,1H3,(H,18,19). The van der Waals surface area contributed by atoms with Crippen LogP contribution >= 0.6 is 11.6 Å². The maximum atomic E-state index is 13.2. The summed E-state index contributed by atoms with van der Waals surface area (Å²) in [7, 11) is 0. The van der Waals surface area contributed by atoms with E-state index >= 15 is 0 Å². The van der Waals surface area contributed by atoms with Gasteiger partial charge in [0.05, 0.1) is 23.1 Å². The van der Waals surface area contributed by atoms with Crippen LogP contribution in [0.2, 0.25) is 5.02 Å². The van der Waals surface area contributed by atoms with E-state index in [1.165, 1.54) is 24.4 Å². The molecule has 0 spiro atoms. The number of carbonyl (C=O) groups excluding carboxylic acids is 1. The molecule has 0 saturated carbocycles. The predicted molar refractivity (Wildman–Crippen MR) is 72.7 cm³/mol. The monoisotopic (exact) mass is 279 g/mol. The second-order valence-electron chi connectivity index (χ2n) is 4.01. The van der Waals surface area contributed by atoms with Crippen molar-refractivity contribution in [1.29, 1.82) is 0 Å². The third-order valence-electron chi connectivity index (χ3n) is 2.47. The molecule has 0 aliphatic heterocycles. The molecular formula is C13H11ClFN3O. The highest BCUT2D eigenvalue weighted by Gasteiger charge is 2.11. The van der Waals surface area contributed by atoms with Crippen molar-refractivity contribution in [2.24, 2.45) is 0 Å². The second-order valence-corrected chi connectivity index (χ2v) is 4.45. The molecule has 1 amide bonds. The topological polar surface area (TPSA) is 68.0 Å². The highest BCUT2D eigenvalue weighted by Crippen LogP contribution is 2.19. The van der Waals surface area contributed by atoms with E-state index in [2.05, 4.69) is 10.3 Å². The van der Waals surface area contributed by atoms with Crippen LogP contribution in [0, 0.1) is 12.7 Å². The van der Waals surface area contributed by atoms with E-state index in [4.69, 9.17) is 17.3 Å². The molecule has 2 aromatic rings. The van der Waals surface area contributed by atoms with Crippen LogP contribution in [0.5, 0.6) is 0 Å². The van der Waals surface area contributed by atoms with E-state index in [1.54, 1.807) is 6.92 Å². The third kappa shape index (κ3) is 3.20. The average Bonchev–Trinajstić information content (AvgIpc) is 2.30. The Balaban J connectivity index is 2.28. The molecule has 4 nitrogen and oxygen atoms in total. The van der Waals surface area contributed by atoms with Gasteiger partial charge in [-0.2, -0.15) is 0 Å². The number of pyridine rings is 1. The van der Waals surface area contributed by atoms with Crippen molar-refractivity contribution in [2.45, 2.75) is 6.92 Å². The molecule has 0 aliphatic carbocycles. The number of aryl methyl sites for hydroxylation is 1. The van der Waals surface area contributed by atoms with Crippen LogP contribution < -0.4 is 11.1 Å². The molecule has 0 saturated heterocycles. The fourth-order valence-electron chi connectivity index (χ4n) is 1.60. The lowest BCUT2D eigenvalue weighted by molar-refractivity contribution is 0.102. The normalized spacial score (nSPS) is 10.3. The highest BCUT2D eigenvalue weighted by molar-refractivity contribution is 6.31. The number of aromatic nitrogens is 1. The zero-order valence-corrected chi connectivity index (χ0v) is 10.8. The summed E-state index contributed by atoms with van der Waals surface area (Å²) >= 11 is 5.71. The van der Waals surface area contributed by atoms with Crippen molar-refractivity contribution >= 4 is 28.9 Å². The SMILES string of the molecule is Cc1ncc(N)cc1C(=O)Nc1cc(F)cc(Cl)c1. The summed E-state index contributed by atoms with van der Waals surface area (Å²) in [5.74, 6) is -0.941. The maximum Gasteiger partial charge on any atom is 0.257 e. The molecule has 19 heavy (non-hydrogen) atoms. The van der Waals surface area contributed by atoms with Crippen LogP contribution in [-0.4, -0.2) is 10.9 Å². The average molecular weight is 280 g/mol. The van der Waals surface area contributed by atoms with Crippen LogP contribution in [0.15, 0.2) is 30.5 Å². The number of benzene rings is 1. The van der Waals surface area contributed by atoms with Crippen LogP contribution in [0.1, 0.15) is 16.1 Å². The fourth-order valence-corrected chi connectivity index (χ4v) is 1.83. The van der Waals surface area contributed by atoms with Gasteiger partial charge in [-0.15, -0.1) is 0 Å². The minimum Gasteiger partial charge on any atom is -0.397 e. The Kier molecular flexibility index (Phi) is 3.66. The number of amides is 1. The lowest BCUT2D eigenvalue weighted by Gasteiger charge is -2.08. The zero-order valence-electron chi connectivity index (χ0n) is 10.1. The van der Waals surface area contributed by atoms with E-state index < -0.39 is 11.7 Å². The van der Waals surface area contributed by atoms with Crippen LogP contribution in [0.4, 0.5) is 15.8 Å². The smallest absolute Gasteiger partial charge is 0.257 e. The summed E-state index contributed by atoms with van der Waals surface area (Å²) in [5, 5.41) is 2.76. The molecule has 0 fully saturated rings. The highest BCUT2D eigenvalue weighted by atomic mass is 35.5. The molecule has 0 radical (unpaired) electrons. The van der Waals surface area contributed by atoms with Crippen molar-refractivity contribution in [2.75, 3.05) is 11.1 Å². The minimum atomic E-state index is -0.523. The Bertz CT molecular complexity index is 626. The van der Waals surface area contributed by atoms with Gasteiger partial charge in [-0.3, -0.25) is 9.78 Å². The Morgan fingerprint density at radius 1 is 1.37 bits per heavy atom. The number of hydrogen-bond acceptors (Lipinski definition) is 3. The molecule has 0 atom stereocenters. The molecule has 1 heterocycles. The third-order valence-corrected chi connectivity index (χ3v) is 2.69. The summed E-state index contributed by atoms with van der Waals surface area (Å²) in [6.45, 7) is 1.69. The Labute approximate surface area is 114 Å². The summed E-state index contributed by atoms with van der Waals surface area (Å²) < 4.78 is 13.2. The number of carbonyl (C=O) groups is 1. The first-order valence-electron chi connectivity index (χ1n) is 5.45. The first kappa shape index (κ1) is 13.3. The molecule has 0 unspecified atom stereocenters. The van der Waals surface area contributed by atoms with E-state index in [0.717, 1.165) is 6.07 Å². The Morgan fingerprint density at radius 3 is 2.79 bits per heavy atom. The minimum absolute atomic E-state index is 0.206. The first-order valence-corrected chi connectivity index (χ1v) is 5.83. The number of nitrogens with two attached hydrogens (primary N) is 1. The summed E-state index contributed by atoms with van der Waals surface area (Å²) in [6, 6.07) is 5.31. The number of nitrogen functional groups attached to an aromatic ring is 1. The van der Waals surface area contributed by atoms with Crippen molar-refractivity contribution in [3.63, 3.8) is 0 Å². The molecule has 0 aliphatic rings. The van der Waals surface area contributed by atoms with Gasteiger partial charge in [0.1, 0.15) is 5.82 Å². The summed E-state index contributed by atoms with van der Waals surface area (Å²) in [5.41, 5.74) is 7.11. The quantitative estimate of drug-likeness (QED) is 0.888. The van der Waals surface area contributed by atoms with Gasteiger partial charge in [-0.25, -0.2) is 4.39 Å². The fraction of sp³-hybridized carbons (Fsp3) is 0.0769. The number of nitrogens with zero attached hydrogens (tertiary/aromatic N) is 1. The van der Waals surface area contributed by atoms with Gasteiger partial charge >= 0.3 is 0 Å². The molecule has 6 heteroatoms. The van der Waals surface area contributed by atoms with Crippen LogP contribution in [0.25, 0.3) is 0 Å². The van der Waals surface area contributed by atoms with E-state index in [0.29, 0.717) is 16.9 Å². The molecule has 2 rings (SSSR count). The number of hydrogen-bond donors (Lipinski definition) is 2. The second kappa shape index (κ2) is 5.24.